The maximum Gasteiger partial charge on any atom is 0.255 e. The summed E-state index contributed by atoms with van der Waals surface area (Å²) in [6.45, 7) is 4.89. The van der Waals surface area contributed by atoms with Crippen LogP contribution >= 0.6 is 0 Å². The van der Waals surface area contributed by atoms with Gasteiger partial charge in [-0.25, -0.2) is 0 Å². The molecule has 0 saturated heterocycles. The van der Waals surface area contributed by atoms with Gasteiger partial charge >= 0.3 is 0 Å². The van der Waals surface area contributed by atoms with Crippen molar-refractivity contribution in [3.63, 3.8) is 0 Å². The van der Waals surface area contributed by atoms with Gasteiger partial charge in [0, 0.05) is 17.7 Å². The third-order valence-electron chi connectivity index (χ3n) is 3.60. The van der Waals surface area contributed by atoms with Gasteiger partial charge in [0.15, 0.2) is 23.0 Å². The highest BCUT2D eigenvalue weighted by Gasteiger charge is 2.18. The van der Waals surface area contributed by atoms with Crippen LogP contribution in [0.2, 0.25) is 0 Å². The minimum atomic E-state index is -0.311. The molecule has 7 heteroatoms. The first-order chi connectivity index (χ1) is 12.1. The van der Waals surface area contributed by atoms with Crippen molar-refractivity contribution in [1.82, 2.24) is 0 Å². The minimum Gasteiger partial charge on any atom is -0.490 e. The molecule has 1 aliphatic heterocycles. The number of nitrogens with one attached hydrogen (secondary N) is 1. The molecule has 25 heavy (non-hydrogen) atoms. The van der Waals surface area contributed by atoms with Gasteiger partial charge in [-0.15, -0.1) is 0 Å². The Hall–Kier alpha value is -3.09. The van der Waals surface area contributed by atoms with Gasteiger partial charge in [0.2, 0.25) is 6.79 Å². The third-order valence-corrected chi connectivity index (χ3v) is 3.60. The molecule has 0 saturated carbocycles. The van der Waals surface area contributed by atoms with E-state index in [9.17, 15) is 4.79 Å². The smallest absolute Gasteiger partial charge is 0.255 e. The molecule has 3 rings (SSSR count). The van der Waals surface area contributed by atoms with Crippen LogP contribution in [0.4, 0.5) is 11.4 Å². The van der Waals surface area contributed by atoms with Gasteiger partial charge in [-0.1, -0.05) is 0 Å². The lowest BCUT2D eigenvalue weighted by molar-refractivity contribution is 0.102. The lowest BCUT2D eigenvalue weighted by atomic mass is 10.1. The number of carbonyl (C=O) groups excluding carboxylic acids is 1. The first kappa shape index (κ1) is 16.8. The number of carbonyl (C=O) groups is 1. The molecule has 7 nitrogen and oxygen atoms in total. The zero-order valence-corrected chi connectivity index (χ0v) is 14.1. The van der Waals surface area contributed by atoms with Crippen molar-refractivity contribution < 1.29 is 23.7 Å². The number of rotatable bonds is 6. The number of fused-ring (bicyclic) bond motifs is 1. The van der Waals surface area contributed by atoms with Crippen LogP contribution in [0.5, 0.6) is 23.0 Å². The highest BCUT2D eigenvalue weighted by Crippen LogP contribution is 2.38. The number of benzene rings is 2. The van der Waals surface area contributed by atoms with E-state index in [1.807, 2.05) is 13.8 Å². The van der Waals surface area contributed by atoms with E-state index < -0.39 is 0 Å². The first-order valence-corrected chi connectivity index (χ1v) is 8.02. The van der Waals surface area contributed by atoms with E-state index in [4.69, 9.17) is 24.7 Å². The molecule has 3 N–H and O–H groups in total. The van der Waals surface area contributed by atoms with Crippen LogP contribution in [-0.2, 0) is 0 Å². The molecule has 0 spiro atoms. The van der Waals surface area contributed by atoms with Crippen LogP contribution in [0.3, 0.4) is 0 Å². The van der Waals surface area contributed by atoms with E-state index in [1.165, 1.54) is 0 Å². The predicted octanol–water partition coefficient (Wildman–Crippen LogP) is 3.05. The second-order valence-corrected chi connectivity index (χ2v) is 5.27. The van der Waals surface area contributed by atoms with Crippen molar-refractivity contribution in [3.05, 3.63) is 35.9 Å². The van der Waals surface area contributed by atoms with E-state index in [0.29, 0.717) is 53.2 Å². The van der Waals surface area contributed by atoms with Crippen LogP contribution in [0.1, 0.15) is 24.2 Å². The monoisotopic (exact) mass is 344 g/mol. The lowest BCUT2D eigenvalue weighted by Gasteiger charge is -2.13. The summed E-state index contributed by atoms with van der Waals surface area (Å²) in [5, 5.41) is 2.78. The van der Waals surface area contributed by atoms with Gasteiger partial charge in [-0.05, 0) is 32.0 Å². The predicted molar refractivity (Wildman–Crippen MR) is 93.7 cm³/mol. The van der Waals surface area contributed by atoms with E-state index in [0.717, 1.165) is 0 Å². The maximum absolute atomic E-state index is 12.6. The fourth-order valence-corrected chi connectivity index (χ4v) is 2.45. The number of nitrogens with two attached hydrogens (primary N) is 1. The largest absolute Gasteiger partial charge is 0.490 e. The highest BCUT2D eigenvalue weighted by atomic mass is 16.7. The molecular weight excluding hydrogens is 324 g/mol. The van der Waals surface area contributed by atoms with Gasteiger partial charge in [-0.2, -0.15) is 0 Å². The maximum atomic E-state index is 12.6. The quantitative estimate of drug-likeness (QED) is 0.783. The van der Waals surface area contributed by atoms with Gasteiger partial charge in [-0.3, -0.25) is 4.79 Å². The molecule has 0 atom stereocenters. The van der Waals surface area contributed by atoms with Crippen molar-refractivity contribution in [2.45, 2.75) is 13.8 Å². The first-order valence-electron chi connectivity index (χ1n) is 8.02. The van der Waals surface area contributed by atoms with Gasteiger partial charge in [0.05, 0.1) is 24.6 Å². The summed E-state index contributed by atoms with van der Waals surface area (Å²) in [6.07, 6.45) is 0. The fourth-order valence-electron chi connectivity index (χ4n) is 2.45. The topological polar surface area (TPSA) is 92.0 Å². The number of hydrogen-bond donors (Lipinski definition) is 2. The highest BCUT2D eigenvalue weighted by molar-refractivity contribution is 6.06. The molecule has 0 radical (unpaired) electrons. The Bertz CT molecular complexity index is 791. The van der Waals surface area contributed by atoms with E-state index in [-0.39, 0.29) is 12.7 Å². The Morgan fingerprint density at radius 2 is 1.76 bits per heavy atom. The van der Waals surface area contributed by atoms with E-state index >= 15 is 0 Å². The number of ether oxygens (including phenoxy) is 4. The van der Waals surface area contributed by atoms with Crippen molar-refractivity contribution in [3.8, 4) is 23.0 Å². The molecule has 1 amide bonds. The Labute approximate surface area is 145 Å². The van der Waals surface area contributed by atoms with E-state index in [1.54, 1.807) is 30.3 Å². The standard InChI is InChI=1S/C18H20N2O5/c1-3-22-14-6-5-11(7-15(14)23-4-2)18(21)20-13-9-17-16(8-12(13)19)24-10-25-17/h5-9H,3-4,10,19H2,1-2H3,(H,20,21). The SMILES string of the molecule is CCOc1ccc(C(=O)Nc2cc3c(cc2N)OCO3)cc1OCC. The van der Waals surface area contributed by atoms with Gasteiger partial charge in [0.1, 0.15) is 0 Å². The number of amides is 1. The van der Waals surface area contributed by atoms with Crippen molar-refractivity contribution in [2.75, 3.05) is 31.1 Å². The molecule has 2 aromatic rings. The Kier molecular flexibility index (Phi) is 4.83. The van der Waals surface area contributed by atoms with Crippen molar-refractivity contribution in [1.29, 1.82) is 0 Å². The number of nitrogen functional groups attached to an aromatic ring is 1. The molecule has 0 aromatic heterocycles. The van der Waals surface area contributed by atoms with Crippen LogP contribution in [0.25, 0.3) is 0 Å². The second kappa shape index (κ2) is 7.21. The molecule has 132 valence electrons. The normalized spacial score (nSPS) is 11.9. The lowest BCUT2D eigenvalue weighted by Crippen LogP contribution is -2.13. The Balaban J connectivity index is 1.82. The minimum absolute atomic E-state index is 0.142. The summed E-state index contributed by atoms with van der Waals surface area (Å²) in [5.41, 5.74) is 7.26. The number of hydrogen-bond acceptors (Lipinski definition) is 6. The molecule has 1 heterocycles. The van der Waals surface area contributed by atoms with Crippen LogP contribution in [-0.4, -0.2) is 25.9 Å². The molecule has 1 aliphatic rings. The zero-order chi connectivity index (χ0) is 17.8. The average Bonchev–Trinajstić information content (AvgIpc) is 3.04. The van der Waals surface area contributed by atoms with Crippen molar-refractivity contribution >= 4 is 17.3 Å². The third kappa shape index (κ3) is 3.55. The van der Waals surface area contributed by atoms with Crippen LogP contribution < -0.4 is 30.0 Å². The van der Waals surface area contributed by atoms with E-state index in [2.05, 4.69) is 5.32 Å². The number of anilines is 2. The van der Waals surface area contributed by atoms with Gasteiger partial charge in [0.25, 0.3) is 5.91 Å². The molecule has 0 fully saturated rings. The summed E-state index contributed by atoms with van der Waals surface area (Å²) in [5.74, 6) is 1.93. The molecule has 0 unspecified atom stereocenters. The molecule has 0 bridgehead atoms. The van der Waals surface area contributed by atoms with Crippen LogP contribution in [0, 0.1) is 0 Å². The molecule has 2 aromatic carbocycles. The van der Waals surface area contributed by atoms with Crippen molar-refractivity contribution in [2.24, 2.45) is 0 Å². The Morgan fingerprint density at radius 1 is 1.08 bits per heavy atom. The van der Waals surface area contributed by atoms with Gasteiger partial charge < -0.3 is 30.0 Å². The second-order valence-electron chi connectivity index (χ2n) is 5.27. The van der Waals surface area contributed by atoms with Crippen LogP contribution in [0.15, 0.2) is 30.3 Å². The molecule has 0 aliphatic carbocycles. The summed E-state index contributed by atoms with van der Waals surface area (Å²) >= 11 is 0. The zero-order valence-electron chi connectivity index (χ0n) is 14.1. The summed E-state index contributed by atoms with van der Waals surface area (Å²) in [6, 6.07) is 8.31. The fraction of sp³-hybridized carbons (Fsp3) is 0.278. The average molecular weight is 344 g/mol. The molecular formula is C18H20N2O5. The summed E-state index contributed by atoms with van der Waals surface area (Å²) in [7, 11) is 0. The summed E-state index contributed by atoms with van der Waals surface area (Å²) in [4.78, 5) is 12.6. The summed E-state index contributed by atoms with van der Waals surface area (Å²) < 4.78 is 21.6. The Morgan fingerprint density at radius 3 is 2.48 bits per heavy atom.